The Labute approximate surface area is 168 Å². The van der Waals surface area contributed by atoms with Gasteiger partial charge < -0.3 is 10.2 Å². The topological polar surface area (TPSA) is 78.5 Å². The van der Waals surface area contributed by atoms with E-state index in [0.717, 1.165) is 22.6 Å². The lowest BCUT2D eigenvalue weighted by molar-refractivity contribution is 0.102. The molecule has 0 aliphatic heterocycles. The van der Waals surface area contributed by atoms with E-state index in [0.29, 0.717) is 11.4 Å². The summed E-state index contributed by atoms with van der Waals surface area (Å²) in [7, 11) is -0.0198. The molecule has 2 N–H and O–H groups in total. The number of rotatable bonds is 6. The third kappa shape index (κ3) is 4.52. The number of benzene rings is 2. The molecule has 0 radical (unpaired) electrons. The molecule has 28 heavy (non-hydrogen) atoms. The molecule has 8 heteroatoms. The summed E-state index contributed by atoms with van der Waals surface area (Å²) in [4.78, 5) is 14.7. The van der Waals surface area contributed by atoms with Gasteiger partial charge in [0.1, 0.15) is 9.77 Å². The van der Waals surface area contributed by atoms with Gasteiger partial charge in [-0.25, -0.2) is 8.42 Å². The highest BCUT2D eigenvalue weighted by Gasteiger charge is 2.24. The van der Waals surface area contributed by atoms with Gasteiger partial charge in [0, 0.05) is 31.2 Å². The number of aryl methyl sites for hydroxylation is 1. The van der Waals surface area contributed by atoms with Crippen molar-refractivity contribution in [1.82, 2.24) is 0 Å². The van der Waals surface area contributed by atoms with E-state index in [2.05, 4.69) is 10.0 Å². The first-order valence-corrected chi connectivity index (χ1v) is 10.9. The molecule has 0 unspecified atom stereocenters. The summed E-state index contributed by atoms with van der Waals surface area (Å²) in [5, 5.41) is 4.35. The van der Waals surface area contributed by atoms with Crippen LogP contribution in [0, 0.1) is 6.92 Å². The summed E-state index contributed by atoms with van der Waals surface area (Å²) in [6, 6.07) is 15.7. The number of thiophene rings is 1. The quantitative estimate of drug-likeness (QED) is 0.633. The van der Waals surface area contributed by atoms with E-state index in [9.17, 15) is 13.2 Å². The number of hydrogen-bond acceptors (Lipinski definition) is 5. The SMILES string of the molecule is Cc1ccc(NS(=O)(=O)c2ccsc2C(=O)Nc2ccc(N(C)C)cc2)cc1. The molecule has 1 heterocycles. The average Bonchev–Trinajstić information content (AvgIpc) is 3.15. The highest BCUT2D eigenvalue weighted by molar-refractivity contribution is 7.93. The van der Waals surface area contributed by atoms with Crippen LogP contribution in [0.1, 0.15) is 15.2 Å². The maximum atomic E-state index is 12.8. The smallest absolute Gasteiger partial charge is 0.267 e. The highest BCUT2D eigenvalue weighted by atomic mass is 32.2. The number of hydrogen-bond donors (Lipinski definition) is 2. The van der Waals surface area contributed by atoms with Crippen molar-refractivity contribution in [2.24, 2.45) is 0 Å². The average molecular weight is 416 g/mol. The molecule has 2 aromatic carbocycles. The zero-order valence-corrected chi connectivity index (χ0v) is 17.4. The summed E-state index contributed by atoms with van der Waals surface area (Å²) in [6.45, 7) is 1.92. The van der Waals surface area contributed by atoms with Crippen molar-refractivity contribution in [3.05, 3.63) is 70.4 Å². The second-order valence-electron chi connectivity index (χ2n) is 6.48. The van der Waals surface area contributed by atoms with Crippen LogP contribution in [0.4, 0.5) is 17.1 Å². The molecular formula is C20H21N3O3S2. The molecule has 3 aromatic rings. The third-order valence-electron chi connectivity index (χ3n) is 4.07. The maximum absolute atomic E-state index is 12.8. The molecule has 1 amide bonds. The molecule has 0 fully saturated rings. The van der Waals surface area contributed by atoms with Gasteiger partial charge in [-0.2, -0.15) is 0 Å². The standard InChI is InChI=1S/C20H21N3O3S2/c1-14-4-6-16(7-5-14)22-28(25,26)18-12-13-27-19(18)20(24)21-15-8-10-17(11-9-15)23(2)3/h4-13,22H,1-3H3,(H,21,24). The van der Waals surface area contributed by atoms with Crippen molar-refractivity contribution in [1.29, 1.82) is 0 Å². The third-order valence-corrected chi connectivity index (χ3v) is 6.54. The van der Waals surface area contributed by atoms with Crippen molar-refractivity contribution >= 4 is 44.3 Å². The van der Waals surface area contributed by atoms with Gasteiger partial charge in [-0.1, -0.05) is 17.7 Å². The van der Waals surface area contributed by atoms with Crippen LogP contribution in [0.15, 0.2) is 64.9 Å². The Hall–Kier alpha value is -2.84. The van der Waals surface area contributed by atoms with Gasteiger partial charge in [0.05, 0.1) is 0 Å². The number of anilines is 3. The van der Waals surface area contributed by atoms with Crippen LogP contribution in [0.3, 0.4) is 0 Å². The second kappa shape index (κ2) is 8.04. The van der Waals surface area contributed by atoms with Gasteiger partial charge in [0.2, 0.25) is 0 Å². The molecule has 6 nitrogen and oxygen atoms in total. The normalized spacial score (nSPS) is 11.1. The number of nitrogens with zero attached hydrogens (tertiary/aromatic N) is 1. The van der Waals surface area contributed by atoms with E-state index >= 15 is 0 Å². The van der Waals surface area contributed by atoms with E-state index < -0.39 is 15.9 Å². The van der Waals surface area contributed by atoms with Crippen molar-refractivity contribution in [3.63, 3.8) is 0 Å². The zero-order chi connectivity index (χ0) is 20.3. The summed E-state index contributed by atoms with van der Waals surface area (Å²) < 4.78 is 28.0. The van der Waals surface area contributed by atoms with Gasteiger partial charge >= 0.3 is 0 Å². The first-order valence-electron chi connectivity index (χ1n) is 8.52. The predicted octanol–water partition coefficient (Wildman–Crippen LogP) is 4.18. The Morgan fingerprint density at radius 2 is 1.54 bits per heavy atom. The Kier molecular flexibility index (Phi) is 5.71. The molecule has 0 aliphatic carbocycles. The Morgan fingerprint density at radius 3 is 2.14 bits per heavy atom. The number of sulfonamides is 1. The number of amides is 1. The number of carbonyl (C=O) groups excluding carboxylic acids is 1. The van der Waals surface area contributed by atoms with Crippen LogP contribution < -0.4 is 14.9 Å². The van der Waals surface area contributed by atoms with Crippen LogP contribution in [0.2, 0.25) is 0 Å². The van der Waals surface area contributed by atoms with E-state index in [-0.39, 0.29) is 9.77 Å². The molecule has 146 valence electrons. The first kappa shape index (κ1) is 19.9. The fourth-order valence-electron chi connectivity index (χ4n) is 2.54. The molecule has 3 rings (SSSR count). The number of carbonyl (C=O) groups is 1. The van der Waals surface area contributed by atoms with Crippen LogP contribution in [-0.2, 0) is 10.0 Å². The lowest BCUT2D eigenvalue weighted by Crippen LogP contribution is -2.18. The predicted molar refractivity (Wildman–Crippen MR) is 115 cm³/mol. The maximum Gasteiger partial charge on any atom is 0.267 e. The number of nitrogens with one attached hydrogen (secondary N) is 2. The van der Waals surface area contributed by atoms with E-state index in [1.54, 1.807) is 29.6 Å². The summed E-state index contributed by atoms with van der Waals surface area (Å²) in [5.41, 5.74) is 3.07. The molecule has 0 aliphatic rings. The van der Waals surface area contributed by atoms with Crippen LogP contribution in [0.25, 0.3) is 0 Å². The fraction of sp³-hybridized carbons (Fsp3) is 0.150. The minimum Gasteiger partial charge on any atom is -0.378 e. The van der Waals surface area contributed by atoms with E-state index in [4.69, 9.17) is 0 Å². The lowest BCUT2D eigenvalue weighted by atomic mass is 10.2. The fourth-order valence-corrected chi connectivity index (χ4v) is 4.92. The largest absolute Gasteiger partial charge is 0.378 e. The molecule has 1 aromatic heterocycles. The van der Waals surface area contributed by atoms with Gasteiger partial charge in [0.15, 0.2) is 0 Å². The van der Waals surface area contributed by atoms with E-state index in [1.807, 2.05) is 50.2 Å². The highest BCUT2D eigenvalue weighted by Crippen LogP contribution is 2.26. The van der Waals surface area contributed by atoms with Crippen LogP contribution in [-0.4, -0.2) is 28.4 Å². The summed E-state index contributed by atoms with van der Waals surface area (Å²) in [5.74, 6) is -0.461. The summed E-state index contributed by atoms with van der Waals surface area (Å²) >= 11 is 1.09. The Bertz CT molecular complexity index is 1070. The van der Waals surface area contributed by atoms with Gasteiger partial charge in [-0.3, -0.25) is 9.52 Å². The minimum atomic E-state index is -3.88. The van der Waals surface area contributed by atoms with Crippen molar-refractivity contribution in [2.45, 2.75) is 11.8 Å². The molecule has 0 bridgehead atoms. The van der Waals surface area contributed by atoms with Gasteiger partial charge in [-0.05, 0) is 54.8 Å². The molecule has 0 saturated carbocycles. The zero-order valence-electron chi connectivity index (χ0n) is 15.8. The Morgan fingerprint density at radius 1 is 0.929 bits per heavy atom. The minimum absolute atomic E-state index is 0.0412. The summed E-state index contributed by atoms with van der Waals surface area (Å²) in [6.07, 6.45) is 0. The van der Waals surface area contributed by atoms with Crippen LogP contribution in [0.5, 0.6) is 0 Å². The first-order chi connectivity index (χ1) is 13.3. The lowest BCUT2D eigenvalue weighted by Gasteiger charge is -2.13. The van der Waals surface area contributed by atoms with E-state index in [1.165, 1.54) is 6.07 Å². The molecule has 0 atom stereocenters. The Balaban J connectivity index is 1.80. The van der Waals surface area contributed by atoms with Gasteiger partial charge in [-0.15, -0.1) is 11.3 Å². The molecule has 0 saturated heterocycles. The molecular weight excluding hydrogens is 394 g/mol. The van der Waals surface area contributed by atoms with Crippen molar-refractivity contribution in [2.75, 3.05) is 29.0 Å². The van der Waals surface area contributed by atoms with Crippen LogP contribution >= 0.6 is 11.3 Å². The van der Waals surface area contributed by atoms with Crippen molar-refractivity contribution in [3.8, 4) is 0 Å². The second-order valence-corrected chi connectivity index (χ2v) is 9.05. The van der Waals surface area contributed by atoms with Crippen molar-refractivity contribution < 1.29 is 13.2 Å². The van der Waals surface area contributed by atoms with Gasteiger partial charge in [0.25, 0.3) is 15.9 Å². The molecule has 0 spiro atoms. The monoisotopic (exact) mass is 415 g/mol.